The molecule has 0 saturated carbocycles. The van der Waals surface area contributed by atoms with Crippen molar-refractivity contribution in [1.29, 1.82) is 0 Å². The van der Waals surface area contributed by atoms with Crippen molar-refractivity contribution in [2.24, 2.45) is 5.92 Å². The molecule has 5 heteroatoms. The van der Waals surface area contributed by atoms with Gasteiger partial charge in [0.2, 0.25) is 0 Å². The minimum atomic E-state index is -1.03. The van der Waals surface area contributed by atoms with E-state index in [2.05, 4.69) is 22.9 Å². The SMILES string of the molecule is CC1CCCN(C(=O)c2cc(Br)cc(C(=O)O)c2)C1. The summed E-state index contributed by atoms with van der Waals surface area (Å²) in [5.41, 5.74) is 0.559. The number of benzene rings is 1. The van der Waals surface area contributed by atoms with Crippen LogP contribution < -0.4 is 0 Å². The maximum absolute atomic E-state index is 12.4. The van der Waals surface area contributed by atoms with Crippen LogP contribution in [0.3, 0.4) is 0 Å². The quantitative estimate of drug-likeness (QED) is 0.909. The van der Waals surface area contributed by atoms with Gasteiger partial charge in [-0.1, -0.05) is 22.9 Å². The Labute approximate surface area is 120 Å². The number of carbonyl (C=O) groups is 2. The number of rotatable bonds is 2. The lowest BCUT2D eigenvalue weighted by molar-refractivity contribution is 0.0683. The van der Waals surface area contributed by atoms with Gasteiger partial charge in [-0.05, 0) is 37.0 Å². The van der Waals surface area contributed by atoms with Gasteiger partial charge in [-0.15, -0.1) is 0 Å². The van der Waals surface area contributed by atoms with Crippen LogP contribution in [0.1, 0.15) is 40.5 Å². The van der Waals surface area contributed by atoms with Gasteiger partial charge in [-0.2, -0.15) is 0 Å². The molecule has 102 valence electrons. The summed E-state index contributed by atoms with van der Waals surface area (Å²) in [6.45, 7) is 3.62. The maximum Gasteiger partial charge on any atom is 0.335 e. The number of carboxylic acid groups (broad SMARTS) is 1. The summed E-state index contributed by atoms with van der Waals surface area (Å²) in [6.07, 6.45) is 2.15. The van der Waals surface area contributed by atoms with Gasteiger partial charge >= 0.3 is 5.97 Å². The molecule has 1 aliphatic heterocycles. The Balaban J connectivity index is 2.25. The number of hydrogen-bond acceptors (Lipinski definition) is 2. The third-order valence-corrected chi connectivity index (χ3v) is 3.79. The predicted molar refractivity (Wildman–Crippen MR) is 75.4 cm³/mol. The number of amides is 1. The molecule has 1 aliphatic rings. The molecule has 1 amide bonds. The molecule has 0 aromatic heterocycles. The molecule has 0 spiro atoms. The largest absolute Gasteiger partial charge is 0.478 e. The number of carboxylic acids is 1. The fourth-order valence-electron chi connectivity index (χ4n) is 2.39. The molecular weight excluding hydrogens is 310 g/mol. The molecule has 1 heterocycles. The Morgan fingerprint density at radius 1 is 1.32 bits per heavy atom. The third-order valence-electron chi connectivity index (χ3n) is 3.34. The van der Waals surface area contributed by atoms with Gasteiger partial charge in [0.1, 0.15) is 0 Å². The van der Waals surface area contributed by atoms with Crippen LogP contribution in [-0.2, 0) is 0 Å². The summed E-state index contributed by atoms with van der Waals surface area (Å²) in [4.78, 5) is 25.2. The van der Waals surface area contributed by atoms with Crippen LogP contribution in [0.4, 0.5) is 0 Å². The first kappa shape index (κ1) is 14.1. The van der Waals surface area contributed by atoms with Crippen LogP contribution in [0.5, 0.6) is 0 Å². The lowest BCUT2D eigenvalue weighted by Gasteiger charge is -2.31. The Kier molecular flexibility index (Phi) is 4.24. The van der Waals surface area contributed by atoms with Crippen LogP contribution in [0.25, 0.3) is 0 Å². The molecule has 1 aromatic carbocycles. The second-order valence-corrected chi connectivity index (χ2v) is 5.95. The second kappa shape index (κ2) is 5.74. The van der Waals surface area contributed by atoms with E-state index >= 15 is 0 Å². The van der Waals surface area contributed by atoms with Crippen molar-refractivity contribution in [1.82, 2.24) is 4.90 Å². The van der Waals surface area contributed by atoms with Gasteiger partial charge in [0.05, 0.1) is 5.56 Å². The summed E-state index contributed by atoms with van der Waals surface area (Å²) in [6, 6.07) is 4.61. The third kappa shape index (κ3) is 3.35. The number of aromatic carboxylic acids is 1. The van der Waals surface area contributed by atoms with Crippen LogP contribution >= 0.6 is 15.9 Å². The van der Waals surface area contributed by atoms with Crippen molar-refractivity contribution in [3.05, 3.63) is 33.8 Å². The lowest BCUT2D eigenvalue weighted by atomic mass is 9.99. The van der Waals surface area contributed by atoms with E-state index in [0.29, 0.717) is 16.0 Å². The van der Waals surface area contributed by atoms with Crippen LogP contribution in [-0.4, -0.2) is 35.0 Å². The minimum Gasteiger partial charge on any atom is -0.478 e. The zero-order valence-corrected chi connectivity index (χ0v) is 12.3. The topological polar surface area (TPSA) is 57.6 Å². The Morgan fingerprint density at radius 2 is 2.00 bits per heavy atom. The van der Waals surface area contributed by atoms with E-state index in [-0.39, 0.29) is 11.5 Å². The Bertz CT molecular complexity index is 515. The van der Waals surface area contributed by atoms with Crippen LogP contribution in [0, 0.1) is 5.92 Å². The Hall–Kier alpha value is -1.36. The van der Waals surface area contributed by atoms with Crippen molar-refractivity contribution < 1.29 is 14.7 Å². The monoisotopic (exact) mass is 325 g/mol. The van der Waals surface area contributed by atoms with E-state index < -0.39 is 5.97 Å². The number of hydrogen-bond donors (Lipinski definition) is 1. The standard InChI is InChI=1S/C14H16BrNO3/c1-9-3-2-4-16(8-9)13(17)10-5-11(14(18)19)7-12(15)6-10/h5-7,9H,2-4,8H2,1H3,(H,18,19). The molecule has 1 atom stereocenters. The highest BCUT2D eigenvalue weighted by Gasteiger charge is 2.23. The molecule has 1 aromatic rings. The number of halogens is 1. The number of piperidine rings is 1. The van der Waals surface area contributed by atoms with E-state index in [0.717, 1.165) is 25.9 Å². The van der Waals surface area contributed by atoms with Gasteiger partial charge < -0.3 is 10.0 Å². The highest BCUT2D eigenvalue weighted by atomic mass is 79.9. The Morgan fingerprint density at radius 3 is 2.63 bits per heavy atom. The average molecular weight is 326 g/mol. The van der Waals surface area contributed by atoms with Crippen molar-refractivity contribution >= 4 is 27.8 Å². The molecule has 0 radical (unpaired) electrons. The van der Waals surface area contributed by atoms with Crippen molar-refractivity contribution in [2.45, 2.75) is 19.8 Å². The number of nitrogens with zero attached hydrogens (tertiary/aromatic N) is 1. The molecule has 1 N–H and O–H groups in total. The maximum atomic E-state index is 12.4. The van der Waals surface area contributed by atoms with Gasteiger partial charge in [-0.3, -0.25) is 4.79 Å². The van der Waals surface area contributed by atoms with Crippen LogP contribution in [0.15, 0.2) is 22.7 Å². The van der Waals surface area contributed by atoms with E-state index in [4.69, 9.17) is 5.11 Å². The second-order valence-electron chi connectivity index (χ2n) is 5.03. The number of likely N-dealkylation sites (tertiary alicyclic amines) is 1. The summed E-state index contributed by atoms with van der Waals surface area (Å²) in [5.74, 6) is -0.610. The molecule has 4 nitrogen and oxygen atoms in total. The smallest absolute Gasteiger partial charge is 0.335 e. The van der Waals surface area contributed by atoms with Gasteiger partial charge in [0.15, 0.2) is 0 Å². The molecular formula is C14H16BrNO3. The lowest BCUT2D eigenvalue weighted by Crippen LogP contribution is -2.39. The fraction of sp³-hybridized carbons (Fsp3) is 0.429. The van der Waals surface area contributed by atoms with E-state index in [9.17, 15) is 9.59 Å². The molecule has 1 unspecified atom stereocenters. The van der Waals surface area contributed by atoms with Gasteiger partial charge in [0, 0.05) is 23.1 Å². The van der Waals surface area contributed by atoms with E-state index in [1.165, 1.54) is 12.1 Å². The fourth-order valence-corrected chi connectivity index (χ4v) is 2.89. The molecule has 0 aliphatic carbocycles. The van der Waals surface area contributed by atoms with Crippen molar-refractivity contribution in [3.63, 3.8) is 0 Å². The normalized spacial score (nSPS) is 19.3. The van der Waals surface area contributed by atoms with Gasteiger partial charge in [0.25, 0.3) is 5.91 Å². The highest BCUT2D eigenvalue weighted by molar-refractivity contribution is 9.10. The van der Waals surface area contributed by atoms with E-state index in [1.54, 1.807) is 6.07 Å². The summed E-state index contributed by atoms with van der Waals surface area (Å²) in [5, 5.41) is 9.02. The van der Waals surface area contributed by atoms with E-state index in [1.807, 2.05) is 4.90 Å². The first-order valence-electron chi connectivity index (χ1n) is 6.30. The molecule has 19 heavy (non-hydrogen) atoms. The zero-order chi connectivity index (χ0) is 14.0. The summed E-state index contributed by atoms with van der Waals surface area (Å²) >= 11 is 3.25. The van der Waals surface area contributed by atoms with Gasteiger partial charge in [-0.25, -0.2) is 4.79 Å². The molecule has 2 rings (SSSR count). The van der Waals surface area contributed by atoms with Crippen LogP contribution in [0.2, 0.25) is 0 Å². The summed E-state index contributed by atoms with van der Waals surface area (Å²) in [7, 11) is 0. The first-order chi connectivity index (χ1) is 8.97. The number of carbonyl (C=O) groups excluding carboxylic acids is 1. The summed E-state index contributed by atoms with van der Waals surface area (Å²) < 4.78 is 0.612. The first-order valence-corrected chi connectivity index (χ1v) is 7.10. The molecule has 0 bridgehead atoms. The average Bonchev–Trinajstić information content (AvgIpc) is 2.37. The van der Waals surface area contributed by atoms with Crippen molar-refractivity contribution in [2.75, 3.05) is 13.1 Å². The zero-order valence-electron chi connectivity index (χ0n) is 10.7. The minimum absolute atomic E-state index is 0.0876. The molecule has 1 saturated heterocycles. The predicted octanol–water partition coefficient (Wildman–Crippen LogP) is 3.02. The van der Waals surface area contributed by atoms with Crippen molar-refractivity contribution in [3.8, 4) is 0 Å². The highest BCUT2D eigenvalue weighted by Crippen LogP contribution is 2.21. The molecule has 1 fully saturated rings.